The predicted molar refractivity (Wildman–Crippen MR) is 84.8 cm³/mol. The zero-order chi connectivity index (χ0) is 17.0. The van der Waals surface area contributed by atoms with Crippen molar-refractivity contribution in [2.24, 2.45) is 11.7 Å². The molecule has 0 aromatic heterocycles. The van der Waals surface area contributed by atoms with Crippen LogP contribution in [0.3, 0.4) is 0 Å². The topological polar surface area (TPSA) is 99.9 Å². The molecule has 1 amide bonds. The van der Waals surface area contributed by atoms with Crippen molar-refractivity contribution >= 4 is 17.6 Å². The van der Waals surface area contributed by atoms with Gasteiger partial charge in [-0.15, -0.1) is 0 Å². The fourth-order valence-corrected chi connectivity index (χ4v) is 2.78. The molecule has 0 radical (unpaired) electrons. The van der Waals surface area contributed by atoms with Crippen molar-refractivity contribution in [1.82, 2.24) is 0 Å². The number of carbonyl (C=O) groups is 2. The van der Waals surface area contributed by atoms with Crippen LogP contribution in [-0.4, -0.2) is 39.2 Å². The largest absolute Gasteiger partial charge is 0.493 e. The zero-order valence-corrected chi connectivity index (χ0v) is 13.5. The lowest BCUT2D eigenvalue weighted by atomic mass is 10.1. The molecule has 7 nitrogen and oxygen atoms in total. The molecule has 0 saturated heterocycles. The molecule has 2 rings (SSSR count). The summed E-state index contributed by atoms with van der Waals surface area (Å²) < 4.78 is 15.3. The quantitative estimate of drug-likeness (QED) is 0.798. The molecule has 1 aromatic carbocycles. The Balaban J connectivity index is 2.31. The number of carbonyl (C=O) groups excluding carboxylic acids is 2. The molecule has 0 bridgehead atoms. The molecule has 1 aliphatic carbocycles. The van der Waals surface area contributed by atoms with Crippen LogP contribution in [0.4, 0.5) is 5.69 Å². The fourth-order valence-electron chi connectivity index (χ4n) is 2.78. The van der Waals surface area contributed by atoms with Gasteiger partial charge >= 0.3 is 5.97 Å². The minimum Gasteiger partial charge on any atom is -0.493 e. The number of ether oxygens (including phenoxy) is 3. The molecule has 2 unspecified atom stereocenters. The lowest BCUT2D eigenvalue weighted by Gasteiger charge is -2.17. The maximum atomic E-state index is 12.4. The summed E-state index contributed by atoms with van der Waals surface area (Å²) in [6.07, 6.45) is 2.24. The minimum absolute atomic E-state index is 0.0589. The fraction of sp³-hybridized carbons (Fsp3) is 0.500. The molecule has 126 valence electrons. The van der Waals surface area contributed by atoms with Crippen molar-refractivity contribution < 1.29 is 23.8 Å². The van der Waals surface area contributed by atoms with E-state index in [1.807, 2.05) is 0 Å². The Morgan fingerprint density at radius 3 is 2.43 bits per heavy atom. The van der Waals surface area contributed by atoms with Crippen molar-refractivity contribution in [2.75, 3.05) is 26.6 Å². The van der Waals surface area contributed by atoms with E-state index in [1.54, 1.807) is 0 Å². The average molecular weight is 322 g/mol. The summed E-state index contributed by atoms with van der Waals surface area (Å²) in [5.41, 5.74) is 6.49. The standard InChI is InChI=1S/C16H22N2O5/c1-21-13-8-10(16(20)23-3)7-12(14(13)22-2)18-15(19)9-4-5-11(17)6-9/h7-9,11H,4-6,17H2,1-3H3,(H,18,19). The van der Waals surface area contributed by atoms with Crippen LogP contribution in [0.15, 0.2) is 12.1 Å². The van der Waals surface area contributed by atoms with Gasteiger partial charge in [-0.05, 0) is 31.4 Å². The molecule has 3 N–H and O–H groups in total. The van der Waals surface area contributed by atoms with E-state index in [2.05, 4.69) is 5.32 Å². The van der Waals surface area contributed by atoms with Crippen LogP contribution in [0, 0.1) is 5.92 Å². The third-order valence-corrected chi connectivity index (χ3v) is 4.00. The number of anilines is 1. The highest BCUT2D eigenvalue weighted by Gasteiger charge is 2.29. The molecule has 1 fully saturated rings. The molecule has 1 saturated carbocycles. The summed E-state index contributed by atoms with van der Waals surface area (Å²) in [4.78, 5) is 24.2. The van der Waals surface area contributed by atoms with Gasteiger partial charge in [-0.2, -0.15) is 0 Å². The van der Waals surface area contributed by atoms with Gasteiger partial charge in [0.1, 0.15) is 0 Å². The Labute approximate surface area is 135 Å². The molecule has 0 aliphatic heterocycles. The Morgan fingerprint density at radius 2 is 1.91 bits per heavy atom. The number of esters is 1. The summed E-state index contributed by atoms with van der Waals surface area (Å²) >= 11 is 0. The summed E-state index contributed by atoms with van der Waals surface area (Å²) in [5.74, 6) is -0.100. The molecule has 0 spiro atoms. The van der Waals surface area contributed by atoms with E-state index in [0.29, 0.717) is 23.6 Å². The zero-order valence-electron chi connectivity index (χ0n) is 13.5. The Hall–Kier alpha value is -2.28. The van der Waals surface area contributed by atoms with Gasteiger partial charge in [-0.3, -0.25) is 4.79 Å². The SMILES string of the molecule is COC(=O)c1cc(NC(=O)C2CCC(N)C2)c(OC)c(OC)c1. The molecule has 23 heavy (non-hydrogen) atoms. The monoisotopic (exact) mass is 322 g/mol. The third-order valence-electron chi connectivity index (χ3n) is 4.00. The predicted octanol–water partition coefficient (Wildman–Crippen LogP) is 1.56. The van der Waals surface area contributed by atoms with Gasteiger partial charge in [0.25, 0.3) is 0 Å². The summed E-state index contributed by atoms with van der Waals surface area (Å²) in [6.45, 7) is 0. The molecule has 2 atom stereocenters. The molecule has 7 heteroatoms. The van der Waals surface area contributed by atoms with Gasteiger partial charge in [0.2, 0.25) is 5.91 Å². The second-order valence-electron chi connectivity index (χ2n) is 5.51. The molecule has 1 aliphatic rings. The smallest absolute Gasteiger partial charge is 0.338 e. The Kier molecular flexibility index (Phi) is 5.44. The van der Waals surface area contributed by atoms with Gasteiger partial charge in [0.15, 0.2) is 11.5 Å². The third kappa shape index (κ3) is 3.73. The van der Waals surface area contributed by atoms with Crippen molar-refractivity contribution in [3.63, 3.8) is 0 Å². The first-order valence-electron chi connectivity index (χ1n) is 7.41. The van der Waals surface area contributed by atoms with Gasteiger partial charge in [-0.1, -0.05) is 0 Å². The first-order chi connectivity index (χ1) is 11.0. The number of hydrogen-bond donors (Lipinski definition) is 2. The van der Waals surface area contributed by atoms with Crippen LogP contribution in [-0.2, 0) is 9.53 Å². The van der Waals surface area contributed by atoms with Crippen LogP contribution >= 0.6 is 0 Å². The van der Waals surface area contributed by atoms with E-state index in [1.165, 1.54) is 33.5 Å². The van der Waals surface area contributed by atoms with Crippen molar-refractivity contribution in [3.05, 3.63) is 17.7 Å². The number of nitrogens with two attached hydrogens (primary N) is 1. The van der Waals surface area contributed by atoms with E-state index in [-0.39, 0.29) is 23.4 Å². The van der Waals surface area contributed by atoms with E-state index < -0.39 is 5.97 Å². The van der Waals surface area contributed by atoms with E-state index >= 15 is 0 Å². The van der Waals surface area contributed by atoms with Crippen LogP contribution < -0.4 is 20.5 Å². The highest BCUT2D eigenvalue weighted by molar-refractivity contribution is 5.98. The summed E-state index contributed by atoms with van der Waals surface area (Å²) in [7, 11) is 4.22. The van der Waals surface area contributed by atoms with Crippen molar-refractivity contribution in [1.29, 1.82) is 0 Å². The highest BCUT2D eigenvalue weighted by atomic mass is 16.5. The van der Waals surface area contributed by atoms with E-state index in [0.717, 1.165) is 12.8 Å². The number of benzene rings is 1. The van der Waals surface area contributed by atoms with E-state index in [9.17, 15) is 9.59 Å². The molecular weight excluding hydrogens is 300 g/mol. The van der Waals surface area contributed by atoms with Gasteiger partial charge in [0.05, 0.1) is 32.6 Å². The number of hydrogen-bond acceptors (Lipinski definition) is 6. The number of rotatable bonds is 5. The van der Waals surface area contributed by atoms with Crippen molar-refractivity contribution in [3.8, 4) is 11.5 Å². The Morgan fingerprint density at radius 1 is 1.17 bits per heavy atom. The molecule has 0 heterocycles. The maximum Gasteiger partial charge on any atom is 0.338 e. The first-order valence-corrected chi connectivity index (χ1v) is 7.41. The van der Waals surface area contributed by atoms with Gasteiger partial charge in [-0.25, -0.2) is 4.79 Å². The van der Waals surface area contributed by atoms with Gasteiger partial charge < -0.3 is 25.3 Å². The number of nitrogens with one attached hydrogen (secondary N) is 1. The second-order valence-corrected chi connectivity index (χ2v) is 5.51. The van der Waals surface area contributed by atoms with E-state index in [4.69, 9.17) is 19.9 Å². The van der Waals surface area contributed by atoms with Crippen molar-refractivity contribution in [2.45, 2.75) is 25.3 Å². The lowest BCUT2D eigenvalue weighted by Crippen LogP contribution is -2.23. The lowest BCUT2D eigenvalue weighted by molar-refractivity contribution is -0.119. The summed E-state index contributed by atoms with van der Waals surface area (Å²) in [6, 6.07) is 3.08. The van der Waals surface area contributed by atoms with Crippen LogP contribution in [0.1, 0.15) is 29.6 Å². The van der Waals surface area contributed by atoms with Crippen LogP contribution in [0.2, 0.25) is 0 Å². The highest BCUT2D eigenvalue weighted by Crippen LogP contribution is 2.37. The Bertz CT molecular complexity index is 602. The number of methoxy groups -OCH3 is 3. The maximum absolute atomic E-state index is 12.4. The van der Waals surface area contributed by atoms with Crippen LogP contribution in [0.25, 0.3) is 0 Å². The normalized spacial score (nSPS) is 20.0. The average Bonchev–Trinajstić information content (AvgIpc) is 2.99. The van der Waals surface area contributed by atoms with Gasteiger partial charge in [0, 0.05) is 12.0 Å². The van der Waals surface area contributed by atoms with Crippen LogP contribution in [0.5, 0.6) is 11.5 Å². The summed E-state index contributed by atoms with van der Waals surface area (Å²) in [5, 5.41) is 2.81. The second kappa shape index (κ2) is 7.32. The number of amides is 1. The first kappa shape index (κ1) is 17.1. The molecule has 1 aromatic rings. The molecular formula is C16H22N2O5. The minimum atomic E-state index is -0.524.